The van der Waals surface area contributed by atoms with Crippen LogP contribution in [0.5, 0.6) is 11.5 Å². The van der Waals surface area contributed by atoms with Crippen LogP contribution in [-0.4, -0.2) is 73.7 Å². The average molecular weight is 858 g/mol. The number of rotatable bonds is 5. The second-order valence-corrected chi connectivity index (χ2v) is 19.3. The molecule has 11 nitrogen and oxygen atoms in total. The van der Waals surface area contributed by atoms with E-state index >= 15 is 4.79 Å². The van der Waals surface area contributed by atoms with Crippen LogP contribution in [0.25, 0.3) is 0 Å². The minimum Gasteiger partial charge on any atom is -0.508 e. The number of phenols is 1. The fraction of sp³-hybridized carbons (Fsp3) is 0.519. The summed E-state index contributed by atoms with van der Waals surface area (Å²) in [5, 5.41) is 61.4. The summed E-state index contributed by atoms with van der Waals surface area (Å²) >= 11 is 0. The molecule has 3 aromatic carbocycles. The number of hydrogen-bond acceptors (Lipinski definition) is 11. The van der Waals surface area contributed by atoms with Gasteiger partial charge in [0.05, 0.1) is 31.2 Å². The van der Waals surface area contributed by atoms with E-state index in [1.54, 1.807) is 25.1 Å². The molecule has 0 unspecified atom stereocenters. The Kier molecular flexibility index (Phi) is 12.0. The lowest BCUT2D eigenvalue weighted by atomic mass is 9.56. The number of nitrogens with one attached hydrogen (secondary N) is 1. The second-order valence-electron chi connectivity index (χ2n) is 19.3. The van der Waals surface area contributed by atoms with Crippen LogP contribution >= 0.6 is 0 Å². The highest BCUT2D eigenvalue weighted by atomic mass is 16.6. The summed E-state index contributed by atoms with van der Waals surface area (Å²) < 4.78 is 12.3. The van der Waals surface area contributed by atoms with Gasteiger partial charge in [0.15, 0.2) is 0 Å². The molecule has 0 aromatic heterocycles. The monoisotopic (exact) mass is 857 g/mol. The maximum atomic E-state index is 15.3. The van der Waals surface area contributed by atoms with Crippen LogP contribution in [0.2, 0.25) is 0 Å². The lowest BCUT2D eigenvalue weighted by molar-refractivity contribution is -0.191. The maximum Gasteiger partial charge on any atom is 0.334 e. The number of aliphatic hydroxyl groups is 4. The minimum absolute atomic E-state index is 0.0234. The number of benzene rings is 3. The van der Waals surface area contributed by atoms with Crippen LogP contribution in [0, 0.1) is 29.6 Å². The topological polar surface area (TPSA) is 183 Å². The molecule has 3 fully saturated rings. The van der Waals surface area contributed by atoms with Gasteiger partial charge in [-0.3, -0.25) is 9.59 Å². The molecule has 3 heterocycles. The zero-order valence-electron chi connectivity index (χ0n) is 36.0. The molecule has 10 bridgehead atoms. The number of ether oxygens (including phenoxy) is 2. The van der Waals surface area contributed by atoms with Gasteiger partial charge in [0.25, 0.3) is 0 Å². The highest BCUT2D eigenvalue weighted by molar-refractivity contribution is 5.89. The van der Waals surface area contributed by atoms with Gasteiger partial charge in [-0.1, -0.05) is 67.9 Å². The Morgan fingerprint density at radius 1 is 0.905 bits per heavy atom. The van der Waals surface area contributed by atoms with Crippen molar-refractivity contribution in [1.82, 2.24) is 0 Å². The summed E-state index contributed by atoms with van der Waals surface area (Å²) in [5.74, 6) is 3.46. The number of Topliss-reactive ketones (excluding diaryl/α,β-unsaturated/α-hetero) is 1. The number of aliphatic hydroxyl groups excluding tert-OH is 3. The minimum atomic E-state index is -1.57. The number of anilines is 1. The fourth-order valence-corrected chi connectivity index (χ4v) is 12.0. The first-order valence-electron chi connectivity index (χ1n) is 23.0. The molecule has 0 saturated heterocycles. The first kappa shape index (κ1) is 43.3. The Balaban J connectivity index is 1.27. The predicted octanol–water partition coefficient (Wildman–Crippen LogP) is 6.59. The van der Waals surface area contributed by atoms with Crippen LogP contribution in [0.15, 0.2) is 66.2 Å². The van der Waals surface area contributed by atoms with Crippen molar-refractivity contribution in [2.45, 2.75) is 145 Å². The average Bonchev–Trinajstić information content (AvgIpc) is 3.28. The fourth-order valence-electron chi connectivity index (χ4n) is 12.0. The summed E-state index contributed by atoms with van der Waals surface area (Å²) in [5.41, 5.74) is 2.69. The van der Waals surface area contributed by atoms with Crippen molar-refractivity contribution < 1.29 is 49.4 Å². The molecule has 9 atom stereocenters. The number of phenolic OH excluding ortho intramolecular Hbond substituents is 1. The molecule has 1 spiro atoms. The molecule has 0 amide bonds. The third-order valence-corrected chi connectivity index (χ3v) is 15.2. The Morgan fingerprint density at radius 2 is 1.71 bits per heavy atom. The zero-order chi connectivity index (χ0) is 44.0. The molecular weight excluding hydrogens is 799 g/mol. The number of ketones is 1. The molecule has 332 valence electrons. The third-order valence-electron chi connectivity index (χ3n) is 15.2. The molecule has 3 aromatic rings. The van der Waals surface area contributed by atoms with Gasteiger partial charge in [-0.15, -0.1) is 0 Å². The van der Waals surface area contributed by atoms with Crippen molar-refractivity contribution in [3.63, 3.8) is 0 Å². The van der Waals surface area contributed by atoms with Crippen LogP contribution in [-0.2, 0) is 44.0 Å². The van der Waals surface area contributed by atoms with E-state index in [9.17, 15) is 35.1 Å². The van der Waals surface area contributed by atoms with Crippen LogP contribution in [0.1, 0.15) is 129 Å². The van der Waals surface area contributed by atoms with Gasteiger partial charge in [0.2, 0.25) is 0 Å². The molecule has 11 heteroatoms. The Labute approximate surface area is 368 Å². The van der Waals surface area contributed by atoms with Gasteiger partial charge in [-0.05, 0) is 116 Å². The first-order valence-corrected chi connectivity index (χ1v) is 23.0. The van der Waals surface area contributed by atoms with Gasteiger partial charge in [-0.2, -0.15) is 0 Å². The van der Waals surface area contributed by atoms with E-state index in [-0.39, 0.29) is 73.0 Å². The Hall–Kier alpha value is -4.99. The number of hydrogen-bond donors (Lipinski definition) is 6. The van der Waals surface area contributed by atoms with Crippen LogP contribution < -0.4 is 10.1 Å². The second kappa shape index (κ2) is 17.5. The van der Waals surface area contributed by atoms with Gasteiger partial charge < -0.3 is 40.3 Å². The molecular formula is C52H59NO10. The summed E-state index contributed by atoms with van der Waals surface area (Å²) in [6.07, 6.45) is 5.60. The van der Waals surface area contributed by atoms with Crippen molar-refractivity contribution in [2.24, 2.45) is 17.8 Å². The summed E-state index contributed by atoms with van der Waals surface area (Å²) in [4.78, 5) is 42.4. The van der Waals surface area contributed by atoms with E-state index < -0.39 is 53.1 Å². The van der Waals surface area contributed by atoms with Crippen LogP contribution in [0.3, 0.4) is 0 Å². The maximum absolute atomic E-state index is 15.3. The van der Waals surface area contributed by atoms with Gasteiger partial charge >= 0.3 is 11.9 Å². The van der Waals surface area contributed by atoms with Crippen LogP contribution in [0.4, 0.5) is 5.69 Å². The standard InChI is InChI=1S/C52H59NO10/c1-30(55)28-53-39-19-32(29-54)17-35(22-39)33-10-11-34-26-49(59)62-46-27-45(57)36(23-41(34)46)25-48-52(61)16-6-9-40-42(44(56)13-12-43(40)52)20-31-7-5-8-38(18-31)51(14-3-2-4-15-51)47(58)24-37(21-33)50(60)63-48/h5,7-8,17-19,22-24,27,30,33-34,40,42-43,47-48,53-55,57-58,61H,2-4,6,9,12-16,20-21,25-26,28-29H2,1H3/b37-24-/t30-,33+,34-,40-,42-,43+,47-,48+,52-/m0/s1. The number of fused-ring (bicyclic) bond motifs is 8. The van der Waals surface area contributed by atoms with Crippen molar-refractivity contribution in [2.75, 3.05) is 11.9 Å². The van der Waals surface area contributed by atoms with Crippen molar-refractivity contribution in [3.05, 3.63) is 99.6 Å². The highest BCUT2D eigenvalue weighted by Gasteiger charge is 2.55. The van der Waals surface area contributed by atoms with Gasteiger partial charge in [0, 0.05) is 59.5 Å². The van der Waals surface area contributed by atoms with Crippen molar-refractivity contribution in [3.8, 4) is 23.3 Å². The molecule has 0 radical (unpaired) electrons. The van der Waals surface area contributed by atoms with E-state index in [4.69, 9.17) is 9.47 Å². The quantitative estimate of drug-likeness (QED) is 0.0926. The summed E-state index contributed by atoms with van der Waals surface area (Å²) in [7, 11) is 0. The molecule has 3 saturated carbocycles. The van der Waals surface area contributed by atoms with Gasteiger partial charge in [-0.25, -0.2) is 4.79 Å². The van der Waals surface area contributed by atoms with Gasteiger partial charge in [0.1, 0.15) is 29.0 Å². The molecule has 6 N–H and O–H groups in total. The molecule has 63 heavy (non-hydrogen) atoms. The highest BCUT2D eigenvalue weighted by Crippen LogP contribution is 2.52. The predicted molar refractivity (Wildman–Crippen MR) is 235 cm³/mol. The zero-order valence-corrected chi connectivity index (χ0v) is 36.0. The molecule has 9 rings (SSSR count). The number of carbonyl (C=O) groups is 3. The SMILES string of the molecule is C[C@H](O)CNc1cc(CO)cc([C@@H]2C#C[C@H]3CC(=O)Oc4cc(O)c(cc43)C[C@H]3OC(=O)/C(=C\[C@H](O)C4(CCCCC4)c4cccc(c4)C[C@@H]4C(=O)CC[C@@H]5[C@H]4CCC[C@]53O)C2)c1. The van der Waals surface area contributed by atoms with E-state index in [1.165, 1.54) is 6.07 Å². The van der Waals surface area contributed by atoms with Crippen molar-refractivity contribution in [1.29, 1.82) is 0 Å². The third kappa shape index (κ3) is 8.44. The Bertz CT molecular complexity index is 2370. The molecule has 3 aliphatic heterocycles. The first-order chi connectivity index (χ1) is 30.3. The van der Waals surface area contributed by atoms with E-state index in [0.29, 0.717) is 72.9 Å². The van der Waals surface area contributed by atoms with E-state index in [1.807, 2.05) is 18.2 Å². The number of carbonyl (C=O) groups excluding carboxylic acids is 3. The summed E-state index contributed by atoms with van der Waals surface area (Å²) in [6, 6.07) is 16.9. The largest absolute Gasteiger partial charge is 0.508 e. The molecule has 6 aliphatic rings. The van der Waals surface area contributed by atoms with E-state index in [2.05, 4.69) is 35.4 Å². The van der Waals surface area contributed by atoms with E-state index in [0.717, 1.165) is 36.8 Å². The van der Waals surface area contributed by atoms with Crippen molar-refractivity contribution >= 4 is 23.4 Å². The lowest BCUT2D eigenvalue weighted by Gasteiger charge is -2.52. The smallest absolute Gasteiger partial charge is 0.334 e. The number of esters is 2. The summed E-state index contributed by atoms with van der Waals surface area (Å²) in [6.45, 7) is 1.63. The lowest BCUT2D eigenvalue weighted by Crippen LogP contribution is -2.59. The molecule has 3 aliphatic carbocycles. The Morgan fingerprint density at radius 3 is 2.51 bits per heavy atom. The number of aromatic hydroxyl groups is 1. The normalized spacial score (nSPS) is 31.5.